The van der Waals surface area contributed by atoms with E-state index in [0.29, 0.717) is 35.4 Å². The summed E-state index contributed by atoms with van der Waals surface area (Å²) in [5.74, 6) is 0.561. The second-order valence-corrected chi connectivity index (χ2v) is 8.52. The number of benzene rings is 1. The highest BCUT2D eigenvalue weighted by Gasteiger charge is 2.20. The van der Waals surface area contributed by atoms with Crippen molar-refractivity contribution in [2.75, 3.05) is 58.0 Å². The molecule has 0 aliphatic carbocycles. The zero-order valence-corrected chi connectivity index (χ0v) is 20.5. The summed E-state index contributed by atoms with van der Waals surface area (Å²) < 4.78 is 12.8. The third-order valence-corrected chi connectivity index (χ3v) is 6.15. The van der Waals surface area contributed by atoms with Crippen molar-refractivity contribution in [2.24, 2.45) is 7.05 Å². The first-order valence-electron chi connectivity index (χ1n) is 11.5. The Balaban J connectivity index is 1.54. The molecule has 1 saturated heterocycles. The molecule has 36 heavy (non-hydrogen) atoms. The molecule has 0 unspecified atom stereocenters. The molecular formula is C24H29N7O5. The number of piperazine rings is 1. The third-order valence-electron chi connectivity index (χ3n) is 6.15. The first kappa shape index (κ1) is 24.9. The minimum atomic E-state index is -0.502. The molecule has 0 bridgehead atoms. The Morgan fingerprint density at radius 1 is 1.08 bits per heavy atom. The predicted octanol–water partition coefficient (Wildman–Crippen LogP) is 0.715. The summed E-state index contributed by atoms with van der Waals surface area (Å²) >= 11 is 0. The van der Waals surface area contributed by atoms with E-state index in [0.717, 1.165) is 13.1 Å². The summed E-state index contributed by atoms with van der Waals surface area (Å²) in [4.78, 5) is 49.9. The molecular weight excluding hydrogens is 466 g/mol. The van der Waals surface area contributed by atoms with Crippen LogP contribution in [0.15, 0.2) is 35.4 Å². The smallest absolute Gasteiger partial charge is 0.259 e. The number of nitrogens with one attached hydrogen (secondary N) is 1. The van der Waals surface area contributed by atoms with Crippen LogP contribution in [0, 0.1) is 0 Å². The van der Waals surface area contributed by atoms with E-state index in [1.54, 1.807) is 25.2 Å². The van der Waals surface area contributed by atoms with Gasteiger partial charge in [-0.2, -0.15) is 0 Å². The molecule has 12 nitrogen and oxygen atoms in total. The minimum Gasteiger partial charge on any atom is -0.492 e. The minimum absolute atomic E-state index is 0.0355. The fraction of sp³-hybridized carbons (Fsp3) is 0.375. The van der Waals surface area contributed by atoms with Crippen LogP contribution in [-0.2, 0) is 11.8 Å². The number of likely N-dealkylation sites (N-methyl/N-ethyl adjacent to an activating group) is 1. The molecule has 1 aliphatic heterocycles. The van der Waals surface area contributed by atoms with Gasteiger partial charge in [0, 0.05) is 51.0 Å². The van der Waals surface area contributed by atoms with Crippen LogP contribution in [0.2, 0.25) is 0 Å². The van der Waals surface area contributed by atoms with Gasteiger partial charge in [-0.25, -0.2) is 9.97 Å². The molecule has 0 atom stereocenters. The molecule has 2 aromatic heterocycles. The SMILES string of the molecule is COc1c(OCCC(=O)N2CCN(C)CC2)ccc2c(=O)n(C)c(NC(=O)c3cnc(N)nc3)cc12. The molecule has 0 radical (unpaired) electrons. The second kappa shape index (κ2) is 10.6. The van der Waals surface area contributed by atoms with E-state index in [-0.39, 0.29) is 41.8 Å². The van der Waals surface area contributed by atoms with Crippen molar-refractivity contribution in [3.05, 3.63) is 46.5 Å². The van der Waals surface area contributed by atoms with Crippen molar-refractivity contribution in [1.29, 1.82) is 0 Å². The molecule has 12 heteroatoms. The van der Waals surface area contributed by atoms with E-state index in [2.05, 4.69) is 20.2 Å². The van der Waals surface area contributed by atoms with E-state index in [1.807, 2.05) is 11.9 Å². The Morgan fingerprint density at radius 2 is 1.78 bits per heavy atom. The summed E-state index contributed by atoms with van der Waals surface area (Å²) in [6.07, 6.45) is 2.83. The fourth-order valence-corrected chi connectivity index (χ4v) is 3.98. The van der Waals surface area contributed by atoms with Gasteiger partial charge in [-0.3, -0.25) is 19.0 Å². The maximum absolute atomic E-state index is 13.0. The molecule has 3 N–H and O–H groups in total. The van der Waals surface area contributed by atoms with Crippen molar-refractivity contribution in [3.8, 4) is 11.5 Å². The number of fused-ring (bicyclic) bond motifs is 1. The van der Waals surface area contributed by atoms with Crippen LogP contribution in [-0.4, -0.2) is 83.1 Å². The Bertz CT molecular complexity index is 1330. The Kier molecular flexibility index (Phi) is 7.34. The largest absolute Gasteiger partial charge is 0.492 e. The third kappa shape index (κ3) is 5.23. The Morgan fingerprint density at radius 3 is 2.44 bits per heavy atom. The summed E-state index contributed by atoms with van der Waals surface area (Å²) in [5.41, 5.74) is 5.34. The van der Waals surface area contributed by atoms with Crippen molar-refractivity contribution in [1.82, 2.24) is 24.3 Å². The topological polar surface area (TPSA) is 145 Å². The van der Waals surface area contributed by atoms with Gasteiger partial charge in [0.05, 0.1) is 31.1 Å². The number of methoxy groups -OCH3 is 1. The number of rotatable bonds is 7. The number of aromatic nitrogens is 3. The Hall–Kier alpha value is -4.19. The van der Waals surface area contributed by atoms with Crippen molar-refractivity contribution < 1.29 is 19.1 Å². The molecule has 0 spiro atoms. The highest BCUT2D eigenvalue weighted by Crippen LogP contribution is 2.35. The number of pyridine rings is 1. The van der Waals surface area contributed by atoms with Crippen LogP contribution < -0.4 is 26.1 Å². The number of ether oxygens (including phenoxy) is 2. The molecule has 1 aromatic carbocycles. The first-order chi connectivity index (χ1) is 17.3. The average molecular weight is 496 g/mol. The Labute approximate surface area is 207 Å². The second-order valence-electron chi connectivity index (χ2n) is 8.52. The van der Waals surface area contributed by atoms with Gasteiger partial charge >= 0.3 is 0 Å². The number of carbonyl (C=O) groups is 2. The summed E-state index contributed by atoms with van der Waals surface area (Å²) in [6.45, 7) is 3.27. The maximum Gasteiger partial charge on any atom is 0.259 e. The molecule has 2 amide bonds. The standard InChI is InChI=1S/C24H29N7O5/c1-29-7-9-31(10-8-29)20(32)6-11-36-18-5-4-16-17(21(18)35-3)12-19(30(2)23(16)34)28-22(33)15-13-26-24(25)27-14-15/h4-5,12-14H,6-11H2,1-3H3,(H,28,33)(H2,25,26,27). The van der Waals surface area contributed by atoms with Gasteiger partial charge in [0.1, 0.15) is 5.82 Å². The molecule has 3 heterocycles. The van der Waals surface area contributed by atoms with Crippen LogP contribution in [0.25, 0.3) is 10.8 Å². The highest BCUT2D eigenvalue weighted by atomic mass is 16.5. The van der Waals surface area contributed by atoms with E-state index < -0.39 is 5.91 Å². The van der Waals surface area contributed by atoms with Crippen LogP contribution >= 0.6 is 0 Å². The lowest BCUT2D eigenvalue weighted by Crippen LogP contribution is -2.47. The van der Waals surface area contributed by atoms with Crippen LogP contribution in [0.5, 0.6) is 11.5 Å². The van der Waals surface area contributed by atoms with Gasteiger partial charge in [-0.1, -0.05) is 0 Å². The van der Waals surface area contributed by atoms with Crippen molar-refractivity contribution >= 4 is 34.4 Å². The van der Waals surface area contributed by atoms with Gasteiger partial charge in [-0.05, 0) is 25.2 Å². The average Bonchev–Trinajstić information content (AvgIpc) is 2.87. The lowest BCUT2D eigenvalue weighted by molar-refractivity contribution is -0.133. The van der Waals surface area contributed by atoms with E-state index in [9.17, 15) is 14.4 Å². The molecule has 190 valence electrons. The predicted molar refractivity (Wildman–Crippen MR) is 134 cm³/mol. The lowest BCUT2D eigenvalue weighted by Gasteiger charge is -2.32. The summed E-state index contributed by atoms with van der Waals surface area (Å²) in [5, 5.41) is 3.56. The molecule has 3 aromatic rings. The fourth-order valence-electron chi connectivity index (χ4n) is 3.98. The van der Waals surface area contributed by atoms with Crippen molar-refractivity contribution in [2.45, 2.75) is 6.42 Å². The van der Waals surface area contributed by atoms with Gasteiger partial charge in [0.25, 0.3) is 11.5 Å². The number of anilines is 2. The van der Waals surface area contributed by atoms with Gasteiger partial charge in [0.15, 0.2) is 11.5 Å². The normalized spacial score (nSPS) is 14.0. The number of hydrogen-bond donors (Lipinski definition) is 2. The maximum atomic E-state index is 13.0. The van der Waals surface area contributed by atoms with Gasteiger partial charge in [-0.15, -0.1) is 0 Å². The van der Waals surface area contributed by atoms with E-state index in [4.69, 9.17) is 15.2 Å². The lowest BCUT2D eigenvalue weighted by atomic mass is 10.1. The first-order valence-corrected chi connectivity index (χ1v) is 11.5. The number of nitrogen functional groups attached to an aromatic ring is 1. The molecule has 1 fully saturated rings. The van der Waals surface area contributed by atoms with Crippen molar-refractivity contribution in [3.63, 3.8) is 0 Å². The molecule has 0 saturated carbocycles. The van der Waals surface area contributed by atoms with Gasteiger partial charge in [0.2, 0.25) is 11.9 Å². The van der Waals surface area contributed by atoms with Crippen LogP contribution in [0.1, 0.15) is 16.8 Å². The van der Waals surface area contributed by atoms with Crippen LogP contribution in [0.3, 0.4) is 0 Å². The number of nitrogens with two attached hydrogens (primary N) is 1. The number of hydrogen-bond acceptors (Lipinski definition) is 9. The zero-order valence-electron chi connectivity index (χ0n) is 20.5. The summed E-state index contributed by atoms with van der Waals surface area (Å²) in [7, 11) is 5.06. The highest BCUT2D eigenvalue weighted by molar-refractivity contribution is 6.04. The monoisotopic (exact) mass is 495 g/mol. The van der Waals surface area contributed by atoms with Gasteiger partial charge < -0.3 is 30.3 Å². The van der Waals surface area contributed by atoms with Crippen LogP contribution in [0.4, 0.5) is 11.8 Å². The summed E-state index contributed by atoms with van der Waals surface area (Å²) in [6, 6.07) is 4.91. The van der Waals surface area contributed by atoms with E-state index >= 15 is 0 Å². The number of nitrogens with zero attached hydrogens (tertiary/aromatic N) is 5. The molecule has 1 aliphatic rings. The molecule has 4 rings (SSSR count). The number of carbonyl (C=O) groups excluding carboxylic acids is 2. The van der Waals surface area contributed by atoms with E-state index in [1.165, 1.54) is 24.1 Å². The zero-order chi connectivity index (χ0) is 25.8. The quantitative estimate of drug-likeness (QED) is 0.484. The number of amides is 2.